The minimum Gasteiger partial charge on any atom is -0.390 e. The lowest BCUT2D eigenvalue weighted by atomic mass is 10.3. The van der Waals surface area contributed by atoms with E-state index in [-0.39, 0.29) is 0 Å². The Hall–Kier alpha value is -0.110. The van der Waals surface area contributed by atoms with Crippen LogP contribution in [-0.4, -0.2) is 17.4 Å². The molecule has 0 fully saturated rings. The van der Waals surface area contributed by atoms with Gasteiger partial charge in [-0.2, -0.15) is 0 Å². The van der Waals surface area contributed by atoms with Gasteiger partial charge in [0.15, 0.2) is 0 Å². The molecule has 6 heavy (non-hydrogen) atoms. The van der Waals surface area contributed by atoms with Crippen LogP contribution in [0.1, 0.15) is 13.8 Å². The van der Waals surface area contributed by atoms with E-state index in [1.54, 1.807) is 0 Å². The van der Waals surface area contributed by atoms with E-state index < -0.39 is 12.3 Å². The van der Waals surface area contributed by atoms with E-state index in [2.05, 4.69) is 0 Å². The Morgan fingerprint density at radius 1 is 1.50 bits per heavy atom. The molecule has 1 nitrogen and oxygen atoms in total. The maximum absolute atomic E-state index is 11.6. The summed E-state index contributed by atoms with van der Waals surface area (Å²) < 4.78 is 11.6. The van der Waals surface area contributed by atoms with Crippen molar-refractivity contribution in [3.05, 3.63) is 0 Å². The smallest absolute Gasteiger partial charge is 0.123 e. The molecule has 0 radical (unpaired) electrons. The van der Waals surface area contributed by atoms with Crippen molar-refractivity contribution >= 4 is 0 Å². The molecule has 0 saturated carbocycles. The highest BCUT2D eigenvalue weighted by Gasteiger charge is 2.02. The summed E-state index contributed by atoms with van der Waals surface area (Å²) in [5.41, 5.74) is 0. The van der Waals surface area contributed by atoms with Gasteiger partial charge >= 0.3 is 0 Å². The van der Waals surface area contributed by atoms with E-state index in [4.69, 9.17) is 5.11 Å². The highest BCUT2D eigenvalue weighted by molar-refractivity contribution is 4.51. The van der Waals surface area contributed by atoms with Crippen LogP contribution in [0.15, 0.2) is 0 Å². The number of alkyl halides is 1. The monoisotopic (exact) mass is 92.1 g/mol. The molecule has 1 N–H and O–H groups in total. The van der Waals surface area contributed by atoms with Gasteiger partial charge in [0.2, 0.25) is 0 Å². The summed E-state index contributed by atoms with van der Waals surface area (Å²) in [4.78, 5) is 0. The van der Waals surface area contributed by atoms with Gasteiger partial charge in [-0.15, -0.1) is 0 Å². The van der Waals surface area contributed by atoms with Crippen molar-refractivity contribution < 1.29 is 9.50 Å². The molecule has 0 aromatic carbocycles. The van der Waals surface area contributed by atoms with E-state index in [1.165, 1.54) is 13.8 Å². The van der Waals surface area contributed by atoms with E-state index in [0.29, 0.717) is 0 Å². The quantitative estimate of drug-likeness (QED) is 0.505. The second kappa shape index (κ2) is 2.13. The molecule has 0 spiro atoms. The number of hydrogen-bond donors (Lipinski definition) is 1. The minimum absolute atomic E-state index is 0.815. The Bertz CT molecular complexity index is 28.5. The van der Waals surface area contributed by atoms with Gasteiger partial charge in [-0.25, -0.2) is 4.39 Å². The number of halogens is 1. The van der Waals surface area contributed by atoms with Gasteiger partial charge in [0.25, 0.3) is 0 Å². The predicted molar refractivity (Wildman–Crippen MR) is 22.3 cm³/mol. The Morgan fingerprint density at radius 3 is 1.67 bits per heavy atom. The third kappa shape index (κ3) is 2.15. The predicted octanol–water partition coefficient (Wildman–Crippen LogP) is 0.725. The zero-order valence-electron chi connectivity index (χ0n) is 3.98. The number of hydrogen-bond acceptors (Lipinski definition) is 1. The van der Waals surface area contributed by atoms with Gasteiger partial charge in [0.1, 0.15) is 6.17 Å². The van der Waals surface area contributed by atoms with E-state index in [1.807, 2.05) is 0 Å². The van der Waals surface area contributed by atoms with Crippen molar-refractivity contribution in [2.45, 2.75) is 26.1 Å². The topological polar surface area (TPSA) is 20.2 Å². The van der Waals surface area contributed by atoms with E-state index in [0.717, 1.165) is 0 Å². The highest BCUT2D eigenvalue weighted by Crippen LogP contribution is 1.92. The summed E-state index contributed by atoms with van der Waals surface area (Å²) in [5.74, 6) is 0. The highest BCUT2D eigenvalue weighted by atomic mass is 19.1. The van der Waals surface area contributed by atoms with Crippen LogP contribution in [0.5, 0.6) is 0 Å². The SMILES string of the molecule is CC(O)[C@H](C)F. The Balaban J connectivity index is 2.99. The second-order valence-electron chi connectivity index (χ2n) is 1.42. The first-order valence-electron chi connectivity index (χ1n) is 1.96. The lowest BCUT2D eigenvalue weighted by Gasteiger charge is -2.00. The minimum atomic E-state index is -1.09. The lowest BCUT2D eigenvalue weighted by Crippen LogP contribution is -2.12. The van der Waals surface area contributed by atoms with Gasteiger partial charge in [0.05, 0.1) is 6.10 Å². The lowest BCUT2D eigenvalue weighted by molar-refractivity contribution is 0.104. The molecule has 38 valence electrons. The van der Waals surface area contributed by atoms with Crippen LogP contribution in [0, 0.1) is 0 Å². The van der Waals surface area contributed by atoms with Crippen molar-refractivity contribution in [2.24, 2.45) is 0 Å². The van der Waals surface area contributed by atoms with Crippen molar-refractivity contribution in [1.29, 1.82) is 0 Å². The molecule has 0 bridgehead atoms. The molecule has 2 atom stereocenters. The van der Waals surface area contributed by atoms with Crippen LogP contribution in [0.2, 0.25) is 0 Å². The summed E-state index contributed by atoms with van der Waals surface area (Å²) in [7, 11) is 0. The van der Waals surface area contributed by atoms with Crippen molar-refractivity contribution in [3.63, 3.8) is 0 Å². The number of aliphatic hydroxyl groups excluding tert-OH is 1. The van der Waals surface area contributed by atoms with Crippen LogP contribution in [-0.2, 0) is 0 Å². The maximum Gasteiger partial charge on any atom is 0.123 e. The largest absolute Gasteiger partial charge is 0.390 e. The summed E-state index contributed by atoms with van der Waals surface area (Å²) >= 11 is 0. The first-order valence-corrected chi connectivity index (χ1v) is 1.96. The number of rotatable bonds is 1. The molecule has 0 aromatic heterocycles. The molecule has 0 amide bonds. The number of aliphatic hydroxyl groups is 1. The third-order valence-corrected chi connectivity index (χ3v) is 0.665. The van der Waals surface area contributed by atoms with Crippen LogP contribution >= 0.6 is 0 Å². The molecule has 0 heterocycles. The van der Waals surface area contributed by atoms with Crippen LogP contribution in [0.25, 0.3) is 0 Å². The average molecular weight is 92.1 g/mol. The molecule has 0 aromatic rings. The summed E-state index contributed by atoms with van der Waals surface area (Å²) in [6, 6.07) is 0. The molecule has 1 unspecified atom stereocenters. The molecular weight excluding hydrogens is 83.0 g/mol. The third-order valence-electron chi connectivity index (χ3n) is 0.665. The zero-order chi connectivity index (χ0) is 5.15. The fraction of sp³-hybridized carbons (Fsp3) is 1.00. The Kier molecular flexibility index (Phi) is 2.09. The second-order valence-corrected chi connectivity index (χ2v) is 1.42. The summed E-state index contributed by atoms with van der Waals surface area (Å²) in [5, 5.41) is 8.25. The van der Waals surface area contributed by atoms with Crippen LogP contribution in [0.4, 0.5) is 4.39 Å². The normalized spacial score (nSPS) is 20.0. The molecule has 2 heteroatoms. The zero-order valence-corrected chi connectivity index (χ0v) is 3.98. The molecule has 0 saturated heterocycles. The van der Waals surface area contributed by atoms with Gasteiger partial charge in [-0.1, -0.05) is 0 Å². The van der Waals surface area contributed by atoms with Crippen molar-refractivity contribution in [3.8, 4) is 0 Å². The van der Waals surface area contributed by atoms with Gasteiger partial charge in [-0.3, -0.25) is 0 Å². The first kappa shape index (κ1) is 5.89. The van der Waals surface area contributed by atoms with Gasteiger partial charge in [-0.05, 0) is 13.8 Å². The molecule has 0 rings (SSSR count). The molecule has 0 aliphatic carbocycles. The fourth-order valence-electron chi connectivity index (χ4n) is 0. The molecular formula is C4H9FO. The van der Waals surface area contributed by atoms with E-state index >= 15 is 0 Å². The molecule has 0 aliphatic heterocycles. The Morgan fingerprint density at radius 2 is 1.67 bits per heavy atom. The summed E-state index contributed by atoms with van der Waals surface area (Å²) in [6.07, 6.45) is -1.91. The van der Waals surface area contributed by atoms with Crippen molar-refractivity contribution in [1.82, 2.24) is 0 Å². The van der Waals surface area contributed by atoms with Gasteiger partial charge in [0, 0.05) is 0 Å². The van der Waals surface area contributed by atoms with Crippen LogP contribution < -0.4 is 0 Å². The maximum atomic E-state index is 11.6. The fourth-order valence-corrected chi connectivity index (χ4v) is 0. The molecule has 0 aliphatic rings. The van der Waals surface area contributed by atoms with Crippen LogP contribution in [0.3, 0.4) is 0 Å². The van der Waals surface area contributed by atoms with Crippen molar-refractivity contribution in [2.75, 3.05) is 0 Å². The van der Waals surface area contributed by atoms with Gasteiger partial charge < -0.3 is 5.11 Å². The van der Waals surface area contributed by atoms with E-state index in [9.17, 15) is 4.39 Å². The first-order chi connectivity index (χ1) is 2.64. The summed E-state index contributed by atoms with van der Waals surface area (Å²) in [6.45, 7) is 2.75. The standard InChI is InChI=1S/C4H9FO/c1-3(5)4(2)6/h3-4,6H,1-2H3/t3-,4?/m0/s1. The average Bonchev–Trinajstić information content (AvgIpc) is 1.36. The Labute approximate surface area is 36.8 Å².